The standard InChI is InChI=1S/C40H16F8N2O6/c41-27-25(28(42)32(46)35(31(27)45)55-19-14-12-17(13-15-19)49-37(51)21-8-1-2-9-22(21)38(49)52)26-29(43)33(47)36(34(48)30(26)44)56-20-7-5-6-18(16-20)50-39(53)23-10-3-4-11-24(23)40(50)54/h1-16H. The van der Waals surface area contributed by atoms with Crippen LogP contribution in [0.4, 0.5) is 46.5 Å². The molecule has 0 N–H and O–H groups in total. The van der Waals surface area contributed by atoms with Crippen LogP contribution in [0.1, 0.15) is 41.4 Å². The Balaban J connectivity index is 1.08. The fourth-order valence-corrected chi connectivity index (χ4v) is 6.27. The van der Waals surface area contributed by atoms with E-state index in [1.54, 1.807) is 12.1 Å². The number of imide groups is 2. The van der Waals surface area contributed by atoms with Crippen molar-refractivity contribution in [3.05, 3.63) is 166 Å². The number of carbonyl (C=O) groups excluding carboxylic acids is 4. The van der Waals surface area contributed by atoms with Gasteiger partial charge in [-0.3, -0.25) is 19.2 Å². The van der Waals surface area contributed by atoms with Crippen molar-refractivity contribution in [2.75, 3.05) is 9.80 Å². The van der Waals surface area contributed by atoms with Gasteiger partial charge >= 0.3 is 0 Å². The number of anilines is 2. The largest absolute Gasteiger partial charge is 0.451 e. The molecule has 0 aliphatic carbocycles. The highest BCUT2D eigenvalue weighted by Gasteiger charge is 2.39. The number of halogens is 8. The van der Waals surface area contributed by atoms with Gasteiger partial charge in [0.15, 0.2) is 23.3 Å². The van der Waals surface area contributed by atoms with Gasteiger partial charge in [-0.05, 0) is 60.7 Å². The lowest BCUT2D eigenvalue weighted by molar-refractivity contribution is 0.0910. The number of nitrogens with zero attached hydrogens (tertiary/aromatic N) is 2. The minimum atomic E-state index is -2.51. The summed E-state index contributed by atoms with van der Waals surface area (Å²) < 4.78 is 133. The monoisotopic (exact) mass is 772 g/mol. The number of benzene rings is 6. The van der Waals surface area contributed by atoms with Gasteiger partial charge in [0.05, 0.1) is 44.8 Å². The summed E-state index contributed by atoms with van der Waals surface area (Å²) in [6.07, 6.45) is 0. The lowest BCUT2D eigenvalue weighted by Crippen LogP contribution is -2.29. The minimum Gasteiger partial charge on any atom is -0.451 e. The molecule has 0 spiro atoms. The molecule has 2 heterocycles. The second-order valence-corrected chi connectivity index (χ2v) is 12.1. The highest BCUT2D eigenvalue weighted by molar-refractivity contribution is 6.35. The predicted octanol–water partition coefficient (Wildman–Crippen LogP) is 9.65. The van der Waals surface area contributed by atoms with Gasteiger partial charge in [0.2, 0.25) is 34.8 Å². The van der Waals surface area contributed by atoms with Crippen LogP contribution in [0.15, 0.2) is 97.1 Å². The normalized spacial score (nSPS) is 13.4. The molecule has 0 saturated heterocycles. The van der Waals surface area contributed by atoms with Crippen LogP contribution < -0.4 is 19.3 Å². The van der Waals surface area contributed by atoms with Crippen molar-refractivity contribution in [1.82, 2.24) is 0 Å². The zero-order valence-electron chi connectivity index (χ0n) is 27.6. The molecule has 56 heavy (non-hydrogen) atoms. The highest BCUT2D eigenvalue weighted by atomic mass is 19.2. The third-order valence-corrected chi connectivity index (χ3v) is 8.89. The van der Waals surface area contributed by atoms with Crippen LogP contribution in [0.3, 0.4) is 0 Å². The molecule has 8 rings (SSSR count). The SMILES string of the molecule is O=C1c2ccccc2C(=O)N1c1ccc(Oc2c(F)c(F)c(-c3c(F)c(F)c(Oc4cccc(N5C(=O)c6ccccc6C5=O)c4)c(F)c3F)c(F)c2F)cc1. The summed E-state index contributed by atoms with van der Waals surface area (Å²) in [5, 5.41) is 0. The first-order valence-corrected chi connectivity index (χ1v) is 16.0. The zero-order valence-corrected chi connectivity index (χ0v) is 27.6. The van der Waals surface area contributed by atoms with Crippen molar-refractivity contribution >= 4 is 35.0 Å². The number of ether oxygens (including phenoxy) is 2. The van der Waals surface area contributed by atoms with E-state index >= 15 is 35.1 Å². The van der Waals surface area contributed by atoms with Crippen LogP contribution in [0.5, 0.6) is 23.0 Å². The Bertz CT molecular complexity index is 2610. The van der Waals surface area contributed by atoms with Gasteiger partial charge in [-0.1, -0.05) is 30.3 Å². The van der Waals surface area contributed by atoms with Gasteiger partial charge in [-0.15, -0.1) is 0 Å². The average molecular weight is 773 g/mol. The third-order valence-electron chi connectivity index (χ3n) is 8.89. The number of rotatable bonds is 7. The van der Waals surface area contributed by atoms with Crippen molar-refractivity contribution < 1.29 is 63.8 Å². The summed E-state index contributed by atoms with van der Waals surface area (Å²) in [6.45, 7) is 0. The molecular weight excluding hydrogens is 756 g/mol. The number of fused-ring (bicyclic) bond motifs is 2. The van der Waals surface area contributed by atoms with Crippen LogP contribution in [-0.2, 0) is 0 Å². The summed E-state index contributed by atoms with van der Waals surface area (Å²) in [6, 6.07) is 20.4. The van der Waals surface area contributed by atoms with Crippen molar-refractivity contribution in [3.8, 4) is 34.1 Å². The Labute approximate surface area is 308 Å². The molecule has 2 aliphatic rings. The topological polar surface area (TPSA) is 93.2 Å². The zero-order chi connectivity index (χ0) is 39.7. The first-order valence-electron chi connectivity index (χ1n) is 16.0. The van der Waals surface area contributed by atoms with E-state index in [9.17, 15) is 19.2 Å². The Morgan fingerprint density at radius 1 is 0.357 bits per heavy atom. The summed E-state index contributed by atoms with van der Waals surface area (Å²) >= 11 is 0. The summed E-state index contributed by atoms with van der Waals surface area (Å²) in [4.78, 5) is 52.8. The van der Waals surface area contributed by atoms with Gasteiger partial charge in [0, 0.05) is 6.07 Å². The summed E-state index contributed by atoms with van der Waals surface area (Å²) in [7, 11) is 0. The highest BCUT2D eigenvalue weighted by Crippen LogP contribution is 2.44. The number of hydrogen-bond acceptors (Lipinski definition) is 6. The van der Waals surface area contributed by atoms with Gasteiger partial charge < -0.3 is 9.47 Å². The summed E-state index contributed by atoms with van der Waals surface area (Å²) in [5.41, 5.74) is -4.15. The van der Waals surface area contributed by atoms with Crippen LogP contribution in [0, 0.1) is 46.5 Å². The second kappa shape index (κ2) is 13.2. The number of amides is 4. The molecule has 0 aromatic heterocycles. The van der Waals surface area contributed by atoms with E-state index < -0.39 is 104 Å². The van der Waals surface area contributed by atoms with Gasteiger partial charge in [0.25, 0.3) is 23.6 Å². The van der Waals surface area contributed by atoms with E-state index in [0.29, 0.717) is 4.90 Å². The van der Waals surface area contributed by atoms with E-state index in [0.717, 1.165) is 41.3 Å². The molecule has 0 unspecified atom stereocenters. The Hall–Kier alpha value is -7.36. The van der Waals surface area contributed by atoms with Gasteiger partial charge in [-0.2, -0.15) is 17.6 Å². The lowest BCUT2D eigenvalue weighted by atomic mass is 10.0. The van der Waals surface area contributed by atoms with E-state index in [2.05, 4.69) is 0 Å². The molecule has 0 radical (unpaired) electrons. The smallest absolute Gasteiger partial charge is 0.266 e. The fraction of sp³-hybridized carbons (Fsp3) is 0. The maximum Gasteiger partial charge on any atom is 0.266 e. The van der Waals surface area contributed by atoms with E-state index in [4.69, 9.17) is 9.47 Å². The van der Waals surface area contributed by atoms with Crippen molar-refractivity contribution in [2.45, 2.75) is 0 Å². The lowest BCUT2D eigenvalue weighted by Gasteiger charge is -2.18. The Kier molecular flexibility index (Phi) is 8.40. The molecule has 4 amide bonds. The van der Waals surface area contributed by atoms with Crippen molar-refractivity contribution in [3.63, 3.8) is 0 Å². The molecule has 6 aromatic rings. The number of carbonyl (C=O) groups is 4. The Morgan fingerprint density at radius 3 is 1.11 bits per heavy atom. The summed E-state index contributed by atoms with van der Waals surface area (Å²) in [5.74, 6) is -26.9. The average Bonchev–Trinajstić information content (AvgIpc) is 3.62. The van der Waals surface area contributed by atoms with Crippen molar-refractivity contribution in [2.24, 2.45) is 0 Å². The third kappa shape index (κ3) is 5.36. The molecular formula is C40H16F8N2O6. The molecule has 8 nitrogen and oxygen atoms in total. The second-order valence-electron chi connectivity index (χ2n) is 12.1. The van der Waals surface area contributed by atoms with Gasteiger partial charge in [-0.25, -0.2) is 27.4 Å². The molecule has 0 saturated carbocycles. The van der Waals surface area contributed by atoms with E-state index in [1.165, 1.54) is 48.5 Å². The van der Waals surface area contributed by atoms with Crippen LogP contribution in [0.25, 0.3) is 11.1 Å². The maximum absolute atomic E-state index is 15.4. The first-order chi connectivity index (χ1) is 26.8. The van der Waals surface area contributed by atoms with Crippen LogP contribution >= 0.6 is 0 Å². The minimum absolute atomic E-state index is 0.00453. The fourth-order valence-electron chi connectivity index (χ4n) is 6.27. The molecule has 0 atom stereocenters. The Morgan fingerprint density at radius 2 is 0.714 bits per heavy atom. The molecule has 16 heteroatoms. The van der Waals surface area contributed by atoms with E-state index in [1.807, 2.05) is 0 Å². The van der Waals surface area contributed by atoms with E-state index in [-0.39, 0.29) is 33.6 Å². The molecule has 0 fully saturated rings. The predicted molar refractivity (Wildman–Crippen MR) is 180 cm³/mol. The number of hydrogen-bond donors (Lipinski definition) is 0. The first kappa shape index (κ1) is 35.7. The van der Waals surface area contributed by atoms with Gasteiger partial charge in [0.1, 0.15) is 11.5 Å². The van der Waals surface area contributed by atoms with Crippen LogP contribution in [0.2, 0.25) is 0 Å². The maximum atomic E-state index is 15.4. The quantitative estimate of drug-likeness (QED) is 0.0912. The molecule has 278 valence electrons. The molecule has 6 aromatic carbocycles. The molecule has 2 aliphatic heterocycles. The van der Waals surface area contributed by atoms with Crippen molar-refractivity contribution in [1.29, 1.82) is 0 Å². The molecule has 0 bridgehead atoms. The van der Waals surface area contributed by atoms with Crippen LogP contribution in [-0.4, -0.2) is 23.6 Å².